The molecule has 0 aliphatic carbocycles. The van der Waals surface area contributed by atoms with Crippen LogP contribution in [0.3, 0.4) is 0 Å². The molecule has 28 heavy (non-hydrogen) atoms. The summed E-state index contributed by atoms with van der Waals surface area (Å²) >= 11 is 0. The van der Waals surface area contributed by atoms with Gasteiger partial charge in [-0.1, -0.05) is 18.2 Å². The topological polar surface area (TPSA) is 98.5 Å². The minimum absolute atomic E-state index is 0.0689. The van der Waals surface area contributed by atoms with Gasteiger partial charge < -0.3 is 10.1 Å². The molecule has 0 heterocycles. The largest absolute Gasteiger partial charge is 0.489 e. The van der Waals surface area contributed by atoms with Crippen LogP contribution in [-0.4, -0.2) is 14.3 Å². The standard InChI is InChI=1S/C20H17FN2O4S/c21-16-4-2-6-18(12-16)27-13-14-3-1-5-17(11-14)23-20(24)15-7-9-19(10-8-15)28(22,25)26/h1-12H,13H2,(H,23,24)(H2,22,25,26). The van der Waals surface area contributed by atoms with Crippen LogP contribution in [0.2, 0.25) is 0 Å². The van der Waals surface area contributed by atoms with Gasteiger partial charge in [0.1, 0.15) is 18.2 Å². The SMILES string of the molecule is NS(=O)(=O)c1ccc(C(=O)Nc2cccc(COc3cccc(F)c3)c2)cc1. The van der Waals surface area contributed by atoms with E-state index in [4.69, 9.17) is 9.88 Å². The summed E-state index contributed by atoms with van der Waals surface area (Å²) in [5.74, 6) is -0.375. The van der Waals surface area contributed by atoms with Crippen molar-refractivity contribution in [2.24, 2.45) is 5.14 Å². The Labute approximate surface area is 161 Å². The lowest BCUT2D eigenvalue weighted by atomic mass is 10.2. The van der Waals surface area contributed by atoms with E-state index in [0.717, 1.165) is 5.56 Å². The van der Waals surface area contributed by atoms with Crippen LogP contribution < -0.4 is 15.2 Å². The summed E-state index contributed by atoms with van der Waals surface area (Å²) in [6.07, 6.45) is 0. The number of rotatable bonds is 6. The van der Waals surface area contributed by atoms with Crippen LogP contribution in [-0.2, 0) is 16.6 Å². The Hall–Kier alpha value is -3.23. The Bertz CT molecular complexity index is 1100. The molecular weight excluding hydrogens is 383 g/mol. The summed E-state index contributed by atoms with van der Waals surface area (Å²) in [5, 5.41) is 7.77. The second kappa shape index (κ2) is 8.20. The Balaban J connectivity index is 1.66. The van der Waals surface area contributed by atoms with E-state index in [1.54, 1.807) is 30.3 Å². The fourth-order valence-electron chi connectivity index (χ4n) is 2.46. The number of hydrogen-bond donors (Lipinski definition) is 2. The first-order chi connectivity index (χ1) is 13.3. The molecule has 0 aliphatic heterocycles. The third-order valence-electron chi connectivity index (χ3n) is 3.83. The van der Waals surface area contributed by atoms with Crippen molar-refractivity contribution in [2.45, 2.75) is 11.5 Å². The number of nitrogens with one attached hydrogen (secondary N) is 1. The maximum absolute atomic E-state index is 13.2. The molecule has 3 aromatic rings. The average Bonchev–Trinajstić information content (AvgIpc) is 2.66. The molecular formula is C20H17FN2O4S. The van der Waals surface area contributed by atoms with Crippen LogP contribution in [0.4, 0.5) is 10.1 Å². The zero-order valence-electron chi connectivity index (χ0n) is 14.6. The molecule has 0 unspecified atom stereocenters. The van der Waals surface area contributed by atoms with E-state index in [-0.39, 0.29) is 22.9 Å². The van der Waals surface area contributed by atoms with Crippen LogP contribution in [0, 0.1) is 5.82 Å². The number of halogens is 1. The van der Waals surface area contributed by atoms with Gasteiger partial charge in [0.2, 0.25) is 10.0 Å². The first kappa shape index (κ1) is 19.5. The van der Waals surface area contributed by atoms with Crippen molar-refractivity contribution >= 4 is 21.6 Å². The van der Waals surface area contributed by atoms with Crippen molar-refractivity contribution in [2.75, 3.05) is 5.32 Å². The normalized spacial score (nSPS) is 11.1. The molecule has 0 aliphatic rings. The third-order valence-corrected chi connectivity index (χ3v) is 4.76. The number of carbonyl (C=O) groups is 1. The summed E-state index contributed by atoms with van der Waals surface area (Å²) in [6.45, 7) is 0.205. The van der Waals surface area contributed by atoms with Crippen molar-refractivity contribution < 1.29 is 22.3 Å². The third kappa shape index (κ3) is 5.15. The molecule has 3 N–H and O–H groups in total. The molecule has 1 amide bonds. The van der Waals surface area contributed by atoms with Gasteiger partial charge in [-0.15, -0.1) is 0 Å². The molecule has 0 spiro atoms. The van der Waals surface area contributed by atoms with E-state index in [1.165, 1.54) is 36.4 Å². The zero-order chi connectivity index (χ0) is 20.1. The molecule has 0 saturated carbocycles. The molecule has 0 saturated heterocycles. The van der Waals surface area contributed by atoms with Crippen LogP contribution in [0.25, 0.3) is 0 Å². The van der Waals surface area contributed by atoms with Crippen LogP contribution in [0.15, 0.2) is 77.7 Å². The number of primary sulfonamides is 1. The fourth-order valence-corrected chi connectivity index (χ4v) is 2.98. The van der Waals surface area contributed by atoms with Crippen LogP contribution in [0.1, 0.15) is 15.9 Å². The predicted octanol–water partition coefficient (Wildman–Crippen LogP) is 3.30. The molecule has 0 bridgehead atoms. The minimum atomic E-state index is -3.81. The molecule has 3 rings (SSSR count). The second-order valence-corrected chi connectivity index (χ2v) is 7.53. The number of anilines is 1. The number of amides is 1. The van der Waals surface area contributed by atoms with E-state index < -0.39 is 15.9 Å². The molecule has 0 fully saturated rings. The monoisotopic (exact) mass is 400 g/mol. The summed E-state index contributed by atoms with van der Waals surface area (Å²) in [6, 6.07) is 18.1. The number of hydrogen-bond acceptors (Lipinski definition) is 4. The van der Waals surface area contributed by atoms with Crippen molar-refractivity contribution in [3.05, 3.63) is 89.7 Å². The van der Waals surface area contributed by atoms with E-state index in [0.29, 0.717) is 11.4 Å². The predicted molar refractivity (Wildman–Crippen MR) is 103 cm³/mol. The van der Waals surface area contributed by atoms with Gasteiger partial charge in [0, 0.05) is 17.3 Å². The number of carbonyl (C=O) groups excluding carboxylic acids is 1. The van der Waals surface area contributed by atoms with Gasteiger partial charge in [0.15, 0.2) is 0 Å². The van der Waals surface area contributed by atoms with E-state index >= 15 is 0 Å². The molecule has 0 radical (unpaired) electrons. The molecule has 0 atom stereocenters. The fraction of sp³-hybridized carbons (Fsp3) is 0.0500. The van der Waals surface area contributed by atoms with Gasteiger partial charge in [-0.2, -0.15) is 0 Å². The number of ether oxygens (including phenoxy) is 1. The van der Waals surface area contributed by atoms with Gasteiger partial charge in [-0.3, -0.25) is 4.79 Å². The molecule has 144 valence electrons. The van der Waals surface area contributed by atoms with Crippen LogP contribution >= 0.6 is 0 Å². The highest BCUT2D eigenvalue weighted by atomic mass is 32.2. The van der Waals surface area contributed by atoms with E-state index in [1.807, 2.05) is 6.07 Å². The van der Waals surface area contributed by atoms with Gasteiger partial charge in [0.25, 0.3) is 5.91 Å². The van der Waals surface area contributed by atoms with Gasteiger partial charge in [-0.05, 0) is 54.1 Å². The van der Waals surface area contributed by atoms with E-state index in [9.17, 15) is 17.6 Å². The van der Waals surface area contributed by atoms with Crippen molar-refractivity contribution in [1.82, 2.24) is 0 Å². The number of sulfonamides is 1. The Morgan fingerprint density at radius 1 is 1.00 bits per heavy atom. The lowest BCUT2D eigenvalue weighted by molar-refractivity contribution is 0.102. The highest BCUT2D eigenvalue weighted by molar-refractivity contribution is 7.89. The maximum Gasteiger partial charge on any atom is 0.255 e. The summed E-state index contributed by atoms with van der Waals surface area (Å²) in [7, 11) is -3.81. The first-order valence-electron chi connectivity index (χ1n) is 8.23. The molecule has 3 aromatic carbocycles. The Morgan fingerprint density at radius 3 is 2.39 bits per heavy atom. The average molecular weight is 400 g/mol. The van der Waals surface area contributed by atoms with Gasteiger partial charge in [0.05, 0.1) is 4.90 Å². The minimum Gasteiger partial charge on any atom is -0.489 e. The summed E-state index contributed by atoms with van der Waals surface area (Å²) in [4.78, 5) is 12.3. The van der Waals surface area contributed by atoms with Gasteiger partial charge >= 0.3 is 0 Å². The van der Waals surface area contributed by atoms with Crippen molar-refractivity contribution in [3.8, 4) is 5.75 Å². The summed E-state index contributed by atoms with van der Waals surface area (Å²) in [5.41, 5.74) is 1.61. The van der Waals surface area contributed by atoms with Crippen LogP contribution in [0.5, 0.6) is 5.75 Å². The molecule has 8 heteroatoms. The lowest BCUT2D eigenvalue weighted by Gasteiger charge is -2.09. The summed E-state index contributed by atoms with van der Waals surface area (Å²) < 4.78 is 41.3. The number of nitrogens with two attached hydrogens (primary N) is 1. The maximum atomic E-state index is 13.2. The first-order valence-corrected chi connectivity index (χ1v) is 9.77. The zero-order valence-corrected chi connectivity index (χ0v) is 15.4. The Morgan fingerprint density at radius 2 is 1.71 bits per heavy atom. The van der Waals surface area contributed by atoms with Crippen molar-refractivity contribution in [1.29, 1.82) is 0 Å². The Kier molecular flexibility index (Phi) is 5.72. The molecule has 6 nitrogen and oxygen atoms in total. The smallest absolute Gasteiger partial charge is 0.255 e. The molecule has 0 aromatic heterocycles. The number of benzene rings is 3. The quantitative estimate of drug-likeness (QED) is 0.663. The lowest BCUT2D eigenvalue weighted by Crippen LogP contribution is -2.14. The highest BCUT2D eigenvalue weighted by Crippen LogP contribution is 2.17. The van der Waals surface area contributed by atoms with E-state index in [2.05, 4.69) is 5.32 Å². The second-order valence-electron chi connectivity index (χ2n) is 5.97. The highest BCUT2D eigenvalue weighted by Gasteiger charge is 2.11. The van der Waals surface area contributed by atoms with Gasteiger partial charge in [-0.25, -0.2) is 17.9 Å². The van der Waals surface area contributed by atoms with Crippen molar-refractivity contribution in [3.63, 3.8) is 0 Å².